The first kappa shape index (κ1) is 12.6. The van der Waals surface area contributed by atoms with Crippen molar-refractivity contribution in [2.24, 2.45) is 23.7 Å². The maximum atomic E-state index is 11.6. The van der Waals surface area contributed by atoms with Crippen molar-refractivity contribution in [3.63, 3.8) is 0 Å². The van der Waals surface area contributed by atoms with Crippen LogP contribution < -0.4 is 0 Å². The Labute approximate surface area is 114 Å². The molecule has 0 aromatic heterocycles. The standard InChI is InChI=1S/C16H21NO2/c1-2-3-13-11-4-5-12(10-11)14(13)8-9-17-15(18)6-7-16(17)19/h4-7,11-14H,2-3,8-10H2,1H3. The van der Waals surface area contributed by atoms with Gasteiger partial charge in [0, 0.05) is 18.7 Å². The molecule has 4 unspecified atom stereocenters. The molecule has 3 nitrogen and oxygen atoms in total. The second-order valence-corrected chi connectivity index (χ2v) is 6.01. The average Bonchev–Trinajstić information content (AvgIpc) is 3.06. The van der Waals surface area contributed by atoms with Crippen molar-refractivity contribution >= 4 is 11.8 Å². The van der Waals surface area contributed by atoms with Gasteiger partial charge in [-0.25, -0.2) is 0 Å². The van der Waals surface area contributed by atoms with Crippen LogP contribution in [-0.2, 0) is 9.59 Å². The normalized spacial score (nSPS) is 35.9. The Bertz CT molecular complexity index is 434. The van der Waals surface area contributed by atoms with Gasteiger partial charge >= 0.3 is 0 Å². The predicted molar refractivity (Wildman–Crippen MR) is 73.1 cm³/mol. The van der Waals surface area contributed by atoms with Gasteiger partial charge < -0.3 is 0 Å². The van der Waals surface area contributed by atoms with Crippen LogP contribution >= 0.6 is 0 Å². The second kappa shape index (κ2) is 4.95. The number of hydrogen-bond acceptors (Lipinski definition) is 2. The summed E-state index contributed by atoms with van der Waals surface area (Å²) < 4.78 is 0. The largest absolute Gasteiger partial charge is 0.275 e. The monoisotopic (exact) mass is 259 g/mol. The number of carbonyl (C=O) groups excluding carboxylic acids is 2. The Kier molecular flexibility index (Phi) is 3.29. The van der Waals surface area contributed by atoms with Crippen molar-refractivity contribution in [2.75, 3.05) is 6.54 Å². The summed E-state index contributed by atoms with van der Waals surface area (Å²) in [5.41, 5.74) is 0. The fourth-order valence-electron chi connectivity index (χ4n) is 4.15. The van der Waals surface area contributed by atoms with Crippen LogP contribution in [-0.4, -0.2) is 23.3 Å². The summed E-state index contributed by atoms with van der Waals surface area (Å²) in [5, 5.41) is 0. The molecule has 1 aliphatic heterocycles. The van der Waals surface area contributed by atoms with Crippen LogP contribution in [0.15, 0.2) is 24.3 Å². The third-order valence-corrected chi connectivity index (χ3v) is 5.01. The molecule has 2 amide bonds. The number of imide groups is 1. The smallest absolute Gasteiger partial charge is 0.253 e. The van der Waals surface area contributed by atoms with Gasteiger partial charge in [-0.1, -0.05) is 25.5 Å². The van der Waals surface area contributed by atoms with E-state index >= 15 is 0 Å². The molecule has 0 aromatic carbocycles. The van der Waals surface area contributed by atoms with E-state index in [4.69, 9.17) is 0 Å². The van der Waals surface area contributed by atoms with E-state index in [0.29, 0.717) is 18.4 Å². The lowest BCUT2D eigenvalue weighted by Gasteiger charge is -2.29. The van der Waals surface area contributed by atoms with Gasteiger partial charge in [0.25, 0.3) is 11.8 Å². The first-order valence-electron chi connectivity index (χ1n) is 7.42. The van der Waals surface area contributed by atoms with Gasteiger partial charge in [-0.2, -0.15) is 0 Å². The van der Waals surface area contributed by atoms with Crippen molar-refractivity contribution < 1.29 is 9.59 Å². The number of amides is 2. The molecule has 19 heavy (non-hydrogen) atoms. The molecule has 1 fully saturated rings. The summed E-state index contributed by atoms with van der Waals surface area (Å²) >= 11 is 0. The molecular weight excluding hydrogens is 238 g/mol. The van der Waals surface area contributed by atoms with Gasteiger partial charge in [-0.3, -0.25) is 14.5 Å². The summed E-state index contributed by atoms with van der Waals surface area (Å²) in [5.74, 6) is 2.57. The molecular formula is C16H21NO2. The van der Waals surface area contributed by atoms with Crippen LogP contribution in [0, 0.1) is 23.7 Å². The number of nitrogens with zero attached hydrogens (tertiary/aromatic N) is 1. The maximum absolute atomic E-state index is 11.6. The highest BCUT2D eigenvalue weighted by Crippen LogP contribution is 2.51. The summed E-state index contributed by atoms with van der Waals surface area (Å²) in [7, 11) is 0. The molecule has 0 spiro atoms. The van der Waals surface area contributed by atoms with Gasteiger partial charge in [0.15, 0.2) is 0 Å². The number of rotatable bonds is 5. The molecule has 3 rings (SSSR count). The zero-order valence-corrected chi connectivity index (χ0v) is 11.4. The highest BCUT2D eigenvalue weighted by atomic mass is 16.2. The molecule has 4 atom stereocenters. The molecule has 1 saturated carbocycles. The van der Waals surface area contributed by atoms with Gasteiger partial charge in [0.1, 0.15) is 0 Å². The van der Waals surface area contributed by atoms with Crippen LogP contribution in [0.4, 0.5) is 0 Å². The van der Waals surface area contributed by atoms with Crippen molar-refractivity contribution in [3.8, 4) is 0 Å². The minimum absolute atomic E-state index is 0.143. The molecule has 102 valence electrons. The molecule has 2 aliphatic carbocycles. The molecule has 0 saturated heterocycles. The summed E-state index contributed by atoms with van der Waals surface area (Å²) in [6, 6.07) is 0. The fourth-order valence-corrected chi connectivity index (χ4v) is 4.15. The van der Waals surface area contributed by atoms with Crippen molar-refractivity contribution in [1.29, 1.82) is 0 Å². The Balaban J connectivity index is 1.62. The summed E-state index contributed by atoms with van der Waals surface area (Å²) in [6.07, 6.45) is 12.3. The lowest BCUT2D eigenvalue weighted by Crippen LogP contribution is -2.33. The van der Waals surface area contributed by atoms with E-state index in [1.54, 1.807) is 0 Å². The summed E-state index contributed by atoms with van der Waals surface area (Å²) in [6.45, 7) is 2.83. The third-order valence-electron chi connectivity index (χ3n) is 5.01. The number of hydrogen-bond donors (Lipinski definition) is 0. The average molecular weight is 259 g/mol. The van der Waals surface area contributed by atoms with E-state index in [0.717, 1.165) is 18.3 Å². The van der Waals surface area contributed by atoms with Gasteiger partial charge in [-0.15, -0.1) is 0 Å². The van der Waals surface area contributed by atoms with E-state index in [2.05, 4.69) is 19.1 Å². The molecule has 0 N–H and O–H groups in total. The Hall–Kier alpha value is -1.38. The lowest BCUT2D eigenvalue weighted by atomic mass is 9.78. The van der Waals surface area contributed by atoms with Gasteiger partial charge in [0.05, 0.1) is 0 Å². The van der Waals surface area contributed by atoms with E-state index in [9.17, 15) is 9.59 Å². The Morgan fingerprint density at radius 2 is 1.63 bits per heavy atom. The minimum atomic E-state index is -0.143. The Morgan fingerprint density at radius 1 is 1.05 bits per heavy atom. The number of carbonyl (C=O) groups is 2. The van der Waals surface area contributed by atoms with Crippen molar-refractivity contribution in [2.45, 2.75) is 32.6 Å². The highest BCUT2D eigenvalue weighted by Gasteiger charge is 2.43. The molecule has 3 aliphatic rings. The molecule has 1 heterocycles. The minimum Gasteiger partial charge on any atom is -0.275 e. The highest BCUT2D eigenvalue weighted by molar-refractivity contribution is 6.12. The van der Waals surface area contributed by atoms with Crippen LogP contribution in [0.2, 0.25) is 0 Å². The van der Waals surface area contributed by atoms with Gasteiger partial charge in [0.2, 0.25) is 0 Å². The number of fused-ring (bicyclic) bond motifs is 2. The predicted octanol–water partition coefficient (Wildman–Crippen LogP) is 2.54. The van der Waals surface area contributed by atoms with Crippen LogP contribution in [0.3, 0.4) is 0 Å². The molecule has 3 heteroatoms. The SMILES string of the molecule is CCCC1C2C=CC(C2)C1CCN1C(=O)C=CC1=O. The zero-order chi connectivity index (χ0) is 13.4. The first-order chi connectivity index (χ1) is 9.20. The summed E-state index contributed by atoms with van der Waals surface area (Å²) in [4.78, 5) is 24.5. The second-order valence-electron chi connectivity index (χ2n) is 6.01. The maximum Gasteiger partial charge on any atom is 0.253 e. The quantitative estimate of drug-likeness (QED) is 0.562. The third kappa shape index (κ3) is 2.15. The van der Waals surface area contributed by atoms with E-state index in [1.165, 1.54) is 36.3 Å². The van der Waals surface area contributed by atoms with Crippen LogP contribution in [0.1, 0.15) is 32.6 Å². The zero-order valence-electron chi connectivity index (χ0n) is 11.4. The van der Waals surface area contributed by atoms with E-state index in [-0.39, 0.29) is 11.8 Å². The molecule has 2 bridgehead atoms. The van der Waals surface area contributed by atoms with E-state index in [1.807, 2.05) is 0 Å². The lowest BCUT2D eigenvalue weighted by molar-refractivity contribution is -0.137. The first-order valence-corrected chi connectivity index (χ1v) is 7.42. The van der Waals surface area contributed by atoms with Gasteiger partial charge in [-0.05, 0) is 42.9 Å². The fraction of sp³-hybridized carbons (Fsp3) is 0.625. The van der Waals surface area contributed by atoms with Crippen LogP contribution in [0.5, 0.6) is 0 Å². The molecule has 0 radical (unpaired) electrons. The molecule has 0 aromatic rings. The van der Waals surface area contributed by atoms with Crippen LogP contribution in [0.25, 0.3) is 0 Å². The van der Waals surface area contributed by atoms with Crippen molar-refractivity contribution in [3.05, 3.63) is 24.3 Å². The topological polar surface area (TPSA) is 37.4 Å². The Morgan fingerprint density at radius 3 is 2.21 bits per heavy atom. The van der Waals surface area contributed by atoms with E-state index < -0.39 is 0 Å². The van der Waals surface area contributed by atoms with Crippen molar-refractivity contribution in [1.82, 2.24) is 4.90 Å². The number of allylic oxidation sites excluding steroid dienone is 2.